The number of pyridine rings is 1. The molecule has 27 heavy (non-hydrogen) atoms. The van der Waals surface area contributed by atoms with E-state index in [1.807, 2.05) is 13.0 Å². The number of hydrogen-bond donors (Lipinski definition) is 1. The lowest BCUT2D eigenvalue weighted by atomic mass is 9.74. The van der Waals surface area contributed by atoms with Crippen LogP contribution in [-0.2, 0) is 13.0 Å². The standard InChI is InChI=1S/C23H28N4/c1-16-8-5-6-11-21(16)27-22-13-23(3,4)12-20(19(22)15-25-27)24-14-18-10-7-9-17(2)26-18/h5-11,15,20,24H,12-14H2,1-4H3/t20-/m1/s1. The lowest BCUT2D eigenvalue weighted by Crippen LogP contribution is -2.33. The van der Waals surface area contributed by atoms with Gasteiger partial charge in [-0.3, -0.25) is 4.98 Å². The lowest BCUT2D eigenvalue weighted by Gasteiger charge is -2.36. The van der Waals surface area contributed by atoms with Gasteiger partial charge in [-0.2, -0.15) is 5.10 Å². The Bertz CT molecular complexity index is 955. The van der Waals surface area contributed by atoms with E-state index in [1.165, 1.54) is 22.5 Å². The van der Waals surface area contributed by atoms with Crippen molar-refractivity contribution in [1.82, 2.24) is 20.1 Å². The number of fused-ring (bicyclic) bond motifs is 1. The maximum absolute atomic E-state index is 4.77. The van der Waals surface area contributed by atoms with Gasteiger partial charge in [0.05, 0.1) is 17.6 Å². The van der Waals surface area contributed by atoms with Crippen molar-refractivity contribution in [2.75, 3.05) is 0 Å². The minimum absolute atomic E-state index is 0.227. The second kappa shape index (κ2) is 6.93. The molecule has 2 aromatic heterocycles. The molecule has 0 saturated heterocycles. The summed E-state index contributed by atoms with van der Waals surface area (Å²) in [4.78, 5) is 4.63. The molecule has 4 nitrogen and oxygen atoms in total. The summed E-state index contributed by atoms with van der Waals surface area (Å²) in [5.74, 6) is 0. The van der Waals surface area contributed by atoms with Crippen molar-refractivity contribution >= 4 is 0 Å². The highest BCUT2D eigenvalue weighted by Crippen LogP contribution is 2.41. The topological polar surface area (TPSA) is 42.7 Å². The minimum atomic E-state index is 0.227. The predicted octanol–water partition coefficient (Wildman–Crippen LogP) is 4.69. The summed E-state index contributed by atoms with van der Waals surface area (Å²) in [5, 5.41) is 8.52. The van der Waals surface area contributed by atoms with Gasteiger partial charge >= 0.3 is 0 Å². The van der Waals surface area contributed by atoms with Crippen LogP contribution in [0.25, 0.3) is 5.69 Å². The molecule has 0 radical (unpaired) electrons. The summed E-state index contributed by atoms with van der Waals surface area (Å²) in [6.45, 7) is 9.67. The molecule has 0 unspecified atom stereocenters. The molecule has 2 heterocycles. The molecule has 140 valence electrons. The molecule has 0 bridgehead atoms. The predicted molar refractivity (Wildman–Crippen MR) is 109 cm³/mol. The quantitative estimate of drug-likeness (QED) is 0.734. The number of nitrogens with zero attached hydrogens (tertiary/aromatic N) is 3. The molecule has 0 fully saturated rings. The van der Waals surface area contributed by atoms with E-state index in [4.69, 9.17) is 5.10 Å². The fraction of sp³-hybridized carbons (Fsp3) is 0.391. The zero-order valence-electron chi connectivity index (χ0n) is 16.7. The van der Waals surface area contributed by atoms with Gasteiger partial charge in [0.25, 0.3) is 0 Å². The fourth-order valence-electron chi connectivity index (χ4n) is 4.16. The first-order valence-corrected chi connectivity index (χ1v) is 9.72. The second-order valence-corrected chi connectivity index (χ2v) is 8.49. The fourth-order valence-corrected chi connectivity index (χ4v) is 4.16. The number of aryl methyl sites for hydroxylation is 2. The molecule has 0 spiro atoms. The van der Waals surface area contributed by atoms with Gasteiger partial charge in [-0.1, -0.05) is 38.1 Å². The van der Waals surface area contributed by atoms with Gasteiger partial charge in [0, 0.05) is 29.5 Å². The smallest absolute Gasteiger partial charge is 0.0678 e. The van der Waals surface area contributed by atoms with Crippen molar-refractivity contribution in [3.63, 3.8) is 0 Å². The highest BCUT2D eigenvalue weighted by Gasteiger charge is 2.35. The van der Waals surface area contributed by atoms with Gasteiger partial charge in [0.15, 0.2) is 0 Å². The average molecular weight is 361 g/mol. The van der Waals surface area contributed by atoms with Crippen LogP contribution in [0.5, 0.6) is 0 Å². The van der Waals surface area contributed by atoms with Crippen molar-refractivity contribution in [3.05, 3.63) is 76.9 Å². The van der Waals surface area contributed by atoms with Crippen LogP contribution in [-0.4, -0.2) is 14.8 Å². The molecule has 4 heteroatoms. The van der Waals surface area contributed by atoms with Gasteiger partial charge in [-0.25, -0.2) is 4.68 Å². The number of para-hydroxylation sites is 1. The SMILES string of the molecule is Cc1cccc(CN[C@@H]2CC(C)(C)Cc3c2cnn3-c2ccccc2C)n1. The Hall–Kier alpha value is -2.46. The summed E-state index contributed by atoms with van der Waals surface area (Å²) >= 11 is 0. The number of hydrogen-bond acceptors (Lipinski definition) is 3. The van der Waals surface area contributed by atoms with E-state index in [9.17, 15) is 0 Å². The first-order chi connectivity index (χ1) is 12.9. The third-order valence-electron chi connectivity index (χ3n) is 5.50. The summed E-state index contributed by atoms with van der Waals surface area (Å²) < 4.78 is 2.14. The summed E-state index contributed by atoms with van der Waals surface area (Å²) in [5.41, 5.74) is 7.46. The maximum Gasteiger partial charge on any atom is 0.0678 e. The molecule has 1 aliphatic carbocycles. The highest BCUT2D eigenvalue weighted by atomic mass is 15.3. The average Bonchev–Trinajstić information content (AvgIpc) is 3.02. The third-order valence-corrected chi connectivity index (χ3v) is 5.50. The van der Waals surface area contributed by atoms with Crippen molar-refractivity contribution in [3.8, 4) is 5.69 Å². The monoisotopic (exact) mass is 360 g/mol. The van der Waals surface area contributed by atoms with E-state index in [1.54, 1.807) is 0 Å². The number of nitrogens with one attached hydrogen (secondary N) is 1. The highest BCUT2D eigenvalue weighted by molar-refractivity contribution is 5.43. The largest absolute Gasteiger partial charge is 0.304 e. The van der Waals surface area contributed by atoms with Crippen LogP contribution in [0.4, 0.5) is 0 Å². The maximum atomic E-state index is 4.77. The van der Waals surface area contributed by atoms with E-state index >= 15 is 0 Å². The lowest BCUT2D eigenvalue weighted by molar-refractivity contribution is 0.252. The van der Waals surface area contributed by atoms with Crippen LogP contribution in [0.2, 0.25) is 0 Å². The Kier molecular flexibility index (Phi) is 4.60. The molecule has 1 atom stereocenters. The van der Waals surface area contributed by atoms with Gasteiger partial charge in [-0.15, -0.1) is 0 Å². The summed E-state index contributed by atoms with van der Waals surface area (Å²) in [7, 11) is 0. The van der Waals surface area contributed by atoms with Crippen molar-refractivity contribution in [2.24, 2.45) is 5.41 Å². The van der Waals surface area contributed by atoms with Crippen LogP contribution in [0.3, 0.4) is 0 Å². The number of benzene rings is 1. The van der Waals surface area contributed by atoms with E-state index in [0.29, 0.717) is 6.04 Å². The van der Waals surface area contributed by atoms with E-state index in [2.05, 4.69) is 78.3 Å². The summed E-state index contributed by atoms with van der Waals surface area (Å²) in [6.07, 6.45) is 4.20. The number of rotatable bonds is 4. The minimum Gasteiger partial charge on any atom is -0.304 e. The van der Waals surface area contributed by atoms with Crippen LogP contribution in [0.1, 0.15) is 54.5 Å². The molecule has 0 amide bonds. The van der Waals surface area contributed by atoms with Gasteiger partial charge in [-0.05, 0) is 55.9 Å². The van der Waals surface area contributed by atoms with Gasteiger partial charge < -0.3 is 5.32 Å². The molecular formula is C23H28N4. The molecule has 3 aromatic rings. The van der Waals surface area contributed by atoms with E-state index < -0.39 is 0 Å². The third kappa shape index (κ3) is 3.67. The Balaban J connectivity index is 1.65. The Morgan fingerprint density at radius 2 is 1.93 bits per heavy atom. The zero-order valence-corrected chi connectivity index (χ0v) is 16.7. The molecule has 4 rings (SSSR count). The molecule has 0 saturated carbocycles. The van der Waals surface area contributed by atoms with Crippen LogP contribution in [0, 0.1) is 19.3 Å². The first kappa shape index (κ1) is 17.9. The molecule has 1 N–H and O–H groups in total. The molecule has 0 aliphatic heterocycles. The molecule has 1 aromatic carbocycles. The Labute approximate surface area is 161 Å². The Morgan fingerprint density at radius 1 is 1.11 bits per heavy atom. The zero-order chi connectivity index (χ0) is 19.0. The number of aromatic nitrogens is 3. The van der Waals surface area contributed by atoms with Crippen LogP contribution in [0.15, 0.2) is 48.7 Å². The van der Waals surface area contributed by atoms with E-state index in [-0.39, 0.29) is 5.41 Å². The van der Waals surface area contributed by atoms with Crippen molar-refractivity contribution in [2.45, 2.75) is 53.1 Å². The van der Waals surface area contributed by atoms with Crippen LogP contribution >= 0.6 is 0 Å². The van der Waals surface area contributed by atoms with Gasteiger partial charge in [0.1, 0.15) is 0 Å². The second-order valence-electron chi connectivity index (χ2n) is 8.49. The van der Waals surface area contributed by atoms with Gasteiger partial charge in [0.2, 0.25) is 0 Å². The van der Waals surface area contributed by atoms with Crippen LogP contribution < -0.4 is 5.32 Å². The first-order valence-electron chi connectivity index (χ1n) is 9.72. The summed E-state index contributed by atoms with van der Waals surface area (Å²) in [6, 6.07) is 15.0. The Morgan fingerprint density at radius 3 is 2.70 bits per heavy atom. The van der Waals surface area contributed by atoms with E-state index in [0.717, 1.165) is 30.8 Å². The van der Waals surface area contributed by atoms with Crippen molar-refractivity contribution < 1.29 is 0 Å². The molecular weight excluding hydrogens is 332 g/mol. The van der Waals surface area contributed by atoms with Crippen molar-refractivity contribution in [1.29, 1.82) is 0 Å². The normalized spacial score (nSPS) is 18.3. The molecule has 1 aliphatic rings.